The van der Waals surface area contributed by atoms with Crippen molar-refractivity contribution in [1.29, 1.82) is 0 Å². The topological polar surface area (TPSA) is 216 Å². The molecule has 0 saturated carbocycles. The minimum Gasteiger partial charge on any atom is -0.480 e. The molecule has 0 aromatic rings. The largest absolute Gasteiger partial charge is 0.480 e. The number of carboxylic acid groups (broad SMARTS) is 4. The SMILES string of the molecule is O=C(O)CN(CCN(CCN(CC(=O)O)CC(=O)O)CP(=O)(O)O)CC(=O)O. The summed E-state index contributed by atoms with van der Waals surface area (Å²) in [5.74, 6) is -5.12. The highest BCUT2D eigenvalue weighted by Gasteiger charge is 2.22. The number of rotatable bonds is 16. The van der Waals surface area contributed by atoms with Crippen molar-refractivity contribution in [3.8, 4) is 0 Å². The van der Waals surface area contributed by atoms with Crippen molar-refractivity contribution >= 4 is 31.5 Å². The molecule has 0 aliphatic heterocycles. The van der Waals surface area contributed by atoms with Gasteiger partial charge in [-0.2, -0.15) is 0 Å². The summed E-state index contributed by atoms with van der Waals surface area (Å²) in [6.07, 6.45) is -0.741. The fourth-order valence-corrected chi connectivity index (χ4v) is 3.08. The van der Waals surface area contributed by atoms with Crippen molar-refractivity contribution in [1.82, 2.24) is 14.7 Å². The number of carboxylic acids is 4. The molecule has 0 saturated heterocycles. The molecular weight excluding hydrogens is 405 g/mol. The summed E-state index contributed by atoms with van der Waals surface area (Å²) in [6, 6.07) is 0. The van der Waals surface area contributed by atoms with Crippen molar-refractivity contribution in [2.75, 3.05) is 58.6 Å². The van der Waals surface area contributed by atoms with Gasteiger partial charge in [-0.05, 0) is 0 Å². The monoisotopic (exact) mass is 429 g/mol. The first-order chi connectivity index (χ1) is 12.8. The molecule has 0 aromatic carbocycles. The number of aliphatic carboxylic acids is 4. The van der Waals surface area contributed by atoms with Gasteiger partial charge in [0.25, 0.3) is 0 Å². The van der Waals surface area contributed by atoms with E-state index >= 15 is 0 Å². The third-order valence-corrected chi connectivity index (χ3v) is 4.05. The lowest BCUT2D eigenvalue weighted by Crippen LogP contribution is -2.44. The average Bonchev–Trinajstić information content (AvgIpc) is 2.45. The lowest BCUT2D eigenvalue weighted by Gasteiger charge is -2.28. The van der Waals surface area contributed by atoms with Crippen LogP contribution in [0.1, 0.15) is 0 Å². The molecule has 0 atom stereocenters. The van der Waals surface area contributed by atoms with E-state index in [-0.39, 0.29) is 26.2 Å². The summed E-state index contributed by atoms with van der Waals surface area (Å²) in [4.78, 5) is 64.8. The second-order valence-electron chi connectivity index (χ2n) is 5.92. The molecule has 0 aromatic heterocycles. The molecule has 162 valence electrons. The van der Waals surface area contributed by atoms with Crippen LogP contribution in [0.2, 0.25) is 0 Å². The van der Waals surface area contributed by atoms with Crippen molar-refractivity contribution in [2.45, 2.75) is 0 Å². The van der Waals surface area contributed by atoms with Gasteiger partial charge in [0.2, 0.25) is 0 Å². The number of nitrogens with zero attached hydrogens (tertiary/aromatic N) is 3. The Kier molecular flexibility index (Phi) is 11.5. The molecule has 28 heavy (non-hydrogen) atoms. The summed E-state index contributed by atoms with van der Waals surface area (Å²) >= 11 is 0. The van der Waals surface area contributed by atoms with Gasteiger partial charge in [-0.1, -0.05) is 0 Å². The van der Waals surface area contributed by atoms with Crippen LogP contribution in [0, 0.1) is 0 Å². The molecule has 0 radical (unpaired) electrons. The zero-order chi connectivity index (χ0) is 21.9. The van der Waals surface area contributed by atoms with Crippen molar-refractivity contribution < 1.29 is 54.0 Å². The van der Waals surface area contributed by atoms with Crippen molar-refractivity contribution in [2.24, 2.45) is 0 Å². The average molecular weight is 429 g/mol. The van der Waals surface area contributed by atoms with E-state index in [4.69, 9.17) is 30.2 Å². The molecule has 14 nitrogen and oxygen atoms in total. The van der Waals surface area contributed by atoms with Gasteiger partial charge in [-0.3, -0.25) is 38.4 Å². The summed E-state index contributed by atoms with van der Waals surface area (Å²) in [5, 5.41) is 35.2. The molecule has 0 bridgehead atoms. The predicted octanol–water partition coefficient (Wildman–Crippen LogP) is -2.63. The van der Waals surface area contributed by atoms with Gasteiger partial charge in [-0.25, -0.2) is 0 Å². The fourth-order valence-electron chi connectivity index (χ4n) is 2.27. The van der Waals surface area contributed by atoms with Crippen molar-refractivity contribution in [3.05, 3.63) is 0 Å². The summed E-state index contributed by atoms with van der Waals surface area (Å²) in [7, 11) is -4.53. The maximum absolute atomic E-state index is 11.3. The third-order valence-electron chi connectivity index (χ3n) is 3.28. The Hall–Kier alpha value is -2.09. The summed E-state index contributed by atoms with van der Waals surface area (Å²) in [6.45, 7) is -2.92. The highest BCUT2D eigenvalue weighted by molar-refractivity contribution is 7.51. The lowest BCUT2D eigenvalue weighted by molar-refractivity contribution is -0.143. The van der Waals surface area contributed by atoms with E-state index in [0.717, 1.165) is 9.80 Å². The zero-order valence-corrected chi connectivity index (χ0v) is 15.8. The van der Waals surface area contributed by atoms with Gasteiger partial charge in [0.1, 0.15) is 6.29 Å². The van der Waals surface area contributed by atoms with Crippen LogP contribution in [0.3, 0.4) is 0 Å². The lowest BCUT2D eigenvalue weighted by atomic mass is 10.4. The van der Waals surface area contributed by atoms with E-state index in [0.29, 0.717) is 0 Å². The van der Waals surface area contributed by atoms with E-state index in [1.807, 2.05) is 0 Å². The van der Waals surface area contributed by atoms with Crippen LogP contribution in [-0.4, -0.2) is 127 Å². The Balaban J connectivity index is 5.01. The molecule has 15 heteroatoms. The van der Waals surface area contributed by atoms with Crippen LogP contribution in [0.5, 0.6) is 0 Å². The minimum absolute atomic E-state index is 0.125. The third kappa shape index (κ3) is 15.0. The normalized spacial score (nSPS) is 11.9. The van der Waals surface area contributed by atoms with E-state index in [2.05, 4.69) is 0 Å². The van der Waals surface area contributed by atoms with Crippen LogP contribution in [0.4, 0.5) is 0 Å². The first-order valence-electron chi connectivity index (χ1n) is 7.87. The minimum atomic E-state index is -4.53. The first-order valence-corrected chi connectivity index (χ1v) is 9.67. The Labute approximate surface area is 159 Å². The molecule has 0 unspecified atom stereocenters. The maximum Gasteiger partial charge on any atom is 0.339 e. The highest BCUT2D eigenvalue weighted by atomic mass is 31.2. The molecule has 0 heterocycles. The van der Waals surface area contributed by atoms with Gasteiger partial charge in [0.15, 0.2) is 0 Å². The standard InChI is InChI=1S/C13H24N3O11P/c17-10(18)5-15(6-11(19)20)3-1-14(9-28(25,26)27)2-4-16(7-12(21)22)8-13(23)24/h1-9H2,(H,17,18)(H,19,20)(H,21,22)(H,23,24)(H2,25,26,27). The molecule has 0 amide bonds. The summed E-state index contributed by atoms with van der Waals surface area (Å²) < 4.78 is 11.3. The molecule has 0 aliphatic carbocycles. The summed E-state index contributed by atoms with van der Waals surface area (Å²) in [5.41, 5.74) is 0. The Morgan fingerprint density at radius 3 is 1.04 bits per heavy atom. The number of hydrogen-bond acceptors (Lipinski definition) is 8. The van der Waals surface area contributed by atoms with E-state index in [9.17, 15) is 23.7 Å². The molecule has 0 rings (SSSR count). The van der Waals surface area contributed by atoms with Crippen LogP contribution < -0.4 is 0 Å². The van der Waals surface area contributed by atoms with E-state index in [1.165, 1.54) is 4.90 Å². The first kappa shape index (κ1) is 25.9. The molecular formula is C13H24N3O11P. The van der Waals surface area contributed by atoms with Crippen LogP contribution in [0.15, 0.2) is 0 Å². The van der Waals surface area contributed by atoms with E-state index in [1.54, 1.807) is 0 Å². The van der Waals surface area contributed by atoms with Gasteiger partial charge in [-0.15, -0.1) is 0 Å². The van der Waals surface area contributed by atoms with Gasteiger partial charge < -0.3 is 30.2 Å². The molecule has 0 fully saturated rings. The van der Waals surface area contributed by atoms with Gasteiger partial charge in [0, 0.05) is 26.2 Å². The fraction of sp³-hybridized carbons (Fsp3) is 0.692. The number of hydrogen-bond donors (Lipinski definition) is 6. The van der Waals surface area contributed by atoms with Crippen molar-refractivity contribution in [3.63, 3.8) is 0 Å². The van der Waals surface area contributed by atoms with Crippen LogP contribution in [0.25, 0.3) is 0 Å². The second-order valence-corrected chi connectivity index (χ2v) is 7.53. The molecule has 6 N–H and O–H groups in total. The highest BCUT2D eigenvalue weighted by Crippen LogP contribution is 2.34. The predicted molar refractivity (Wildman–Crippen MR) is 91.9 cm³/mol. The van der Waals surface area contributed by atoms with Gasteiger partial charge >= 0.3 is 31.5 Å². The van der Waals surface area contributed by atoms with Gasteiger partial charge in [0.05, 0.1) is 26.2 Å². The molecule has 0 spiro atoms. The second kappa shape index (κ2) is 12.4. The Bertz CT molecular complexity index is 537. The van der Waals surface area contributed by atoms with E-state index < -0.39 is 63.9 Å². The zero-order valence-electron chi connectivity index (χ0n) is 14.9. The quantitative estimate of drug-likeness (QED) is 0.138. The number of carbonyl (C=O) groups is 4. The smallest absolute Gasteiger partial charge is 0.339 e. The Morgan fingerprint density at radius 1 is 0.571 bits per heavy atom. The van der Waals surface area contributed by atoms with Crippen LogP contribution >= 0.6 is 7.60 Å². The van der Waals surface area contributed by atoms with Crippen LogP contribution in [-0.2, 0) is 23.7 Å². The maximum atomic E-state index is 11.3. The molecule has 0 aliphatic rings. The Morgan fingerprint density at radius 2 is 0.821 bits per heavy atom.